The molecule has 2 rings (SSSR count). The minimum Gasteiger partial charge on any atom is -0.300 e. The lowest BCUT2D eigenvalue weighted by Gasteiger charge is -2.26. The van der Waals surface area contributed by atoms with E-state index in [1.165, 1.54) is 6.42 Å². The van der Waals surface area contributed by atoms with Gasteiger partial charge in [-0.1, -0.05) is 37.6 Å². The van der Waals surface area contributed by atoms with Gasteiger partial charge in [0.05, 0.1) is 6.54 Å². The summed E-state index contributed by atoms with van der Waals surface area (Å²) in [4.78, 5) is 17.1. The van der Waals surface area contributed by atoms with Gasteiger partial charge < -0.3 is 0 Å². The molecule has 0 aliphatic carbocycles. The molecule has 1 atom stereocenters. The number of rotatable bonds is 6. The smallest absolute Gasteiger partial charge is 0.176 e. The second-order valence-electron chi connectivity index (χ2n) is 5.69. The third-order valence-electron chi connectivity index (χ3n) is 4.28. The zero-order valence-corrected chi connectivity index (χ0v) is 12.9. The van der Waals surface area contributed by atoms with E-state index in [0.29, 0.717) is 12.6 Å². The first kappa shape index (κ1) is 15.2. The number of benzene rings is 1. The molecule has 3 heteroatoms. The highest BCUT2D eigenvalue weighted by Crippen LogP contribution is 2.16. The molecule has 0 bridgehead atoms. The second-order valence-corrected chi connectivity index (χ2v) is 5.69. The van der Waals surface area contributed by atoms with E-state index in [1.807, 2.05) is 31.2 Å². The van der Waals surface area contributed by atoms with Crippen molar-refractivity contribution in [2.24, 2.45) is 0 Å². The van der Waals surface area contributed by atoms with Crippen LogP contribution in [0.25, 0.3) is 0 Å². The van der Waals surface area contributed by atoms with E-state index in [1.54, 1.807) is 0 Å². The maximum Gasteiger partial charge on any atom is 0.176 e. The number of carbonyl (C=O) groups is 1. The quantitative estimate of drug-likeness (QED) is 0.745. The highest BCUT2D eigenvalue weighted by molar-refractivity contribution is 5.97. The molecule has 110 valence electrons. The Balaban J connectivity index is 1.90. The van der Waals surface area contributed by atoms with Gasteiger partial charge in [-0.3, -0.25) is 14.6 Å². The van der Waals surface area contributed by atoms with E-state index in [4.69, 9.17) is 0 Å². The molecule has 1 aromatic carbocycles. The van der Waals surface area contributed by atoms with E-state index in [9.17, 15) is 4.79 Å². The number of aryl methyl sites for hydroxylation is 1. The first-order chi connectivity index (χ1) is 9.63. The first-order valence-corrected chi connectivity index (χ1v) is 7.70. The van der Waals surface area contributed by atoms with Gasteiger partial charge in [-0.15, -0.1) is 0 Å². The lowest BCUT2D eigenvalue weighted by atomic mass is 10.1. The Bertz CT molecular complexity index is 454. The zero-order chi connectivity index (χ0) is 14.5. The molecule has 1 aliphatic rings. The third kappa shape index (κ3) is 3.68. The number of ketones is 1. The SMILES string of the molecule is CCN(CC)C1CCN(CC(=O)c2cccc(C)c2)C1. The first-order valence-electron chi connectivity index (χ1n) is 7.70. The summed E-state index contributed by atoms with van der Waals surface area (Å²) in [6, 6.07) is 8.53. The Morgan fingerprint density at radius 2 is 2.10 bits per heavy atom. The van der Waals surface area contributed by atoms with Crippen molar-refractivity contribution < 1.29 is 4.79 Å². The number of likely N-dealkylation sites (N-methyl/N-ethyl adjacent to an activating group) is 1. The topological polar surface area (TPSA) is 23.6 Å². The van der Waals surface area contributed by atoms with E-state index in [0.717, 1.165) is 37.3 Å². The van der Waals surface area contributed by atoms with Crippen LogP contribution in [0.3, 0.4) is 0 Å². The summed E-state index contributed by atoms with van der Waals surface area (Å²) >= 11 is 0. The summed E-state index contributed by atoms with van der Waals surface area (Å²) in [7, 11) is 0. The van der Waals surface area contributed by atoms with Crippen LogP contribution in [0.15, 0.2) is 24.3 Å². The number of Topliss-reactive ketones (excluding diaryl/α,β-unsaturated/α-hetero) is 1. The van der Waals surface area contributed by atoms with Crippen LogP contribution in [0.1, 0.15) is 36.2 Å². The van der Waals surface area contributed by atoms with Gasteiger partial charge in [-0.25, -0.2) is 0 Å². The molecule has 0 amide bonds. The molecular weight excluding hydrogens is 248 g/mol. The number of carbonyl (C=O) groups excluding carboxylic acids is 1. The largest absolute Gasteiger partial charge is 0.300 e. The Hall–Kier alpha value is -1.19. The Morgan fingerprint density at radius 1 is 1.35 bits per heavy atom. The lowest BCUT2D eigenvalue weighted by molar-refractivity contribution is 0.0939. The van der Waals surface area contributed by atoms with Gasteiger partial charge in [-0.2, -0.15) is 0 Å². The normalized spacial score (nSPS) is 19.7. The summed E-state index contributed by atoms with van der Waals surface area (Å²) in [5, 5.41) is 0. The summed E-state index contributed by atoms with van der Waals surface area (Å²) in [6.07, 6.45) is 1.18. The Labute approximate surface area is 122 Å². The van der Waals surface area contributed by atoms with Crippen LogP contribution in [-0.4, -0.2) is 54.3 Å². The predicted molar refractivity (Wildman–Crippen MR) is 83.3 cm³/mol. The molecule has 1 unspecified atom stereocenters. The molecule has 1 fully saturated rings. The highest BCUT2D eigenvalue weighted by Gasteiger charge is 2.27. The van der Waals surface area contributed by atoms with Gasteiger partial charge in [0.1, 0.15) is 0 Å². The molecule has 0 aromatic heterocycles. The molecule has 1 saturated heterocycles. The Morgan fingerprint density at radius 3 is 2.75 bits per heavy atom. The Kier molecular flexibility index (Phi) is 5.32. The van der Waals surface area contributed by atoms with Crippen molar-refractivity contribution in [3.05, 3.63) is 35.4 Å². The molecule has 1 aliphatic heterocycles. The molecule has 20 heavy (non-hydrogen) atoms. The predicted octanol–water partition coefficient (Wildman–Crippen LogP) is 2.59. The highest BCUT2D eigenvalue weighted by atomic mass is 16.1. The molecule has 3 nitrogen and oxygen atoms in total. The van der Waals surface area contributed by atoms with Crippen molar-refractivity contribution in [1.82, 2.24) is 9.80 Å². The molecule has 0 spiro atoms. The number of nitrogens with zero attached hydrogens (tertiary/aromatic N) is 2. The van der Waals surface area contributed by atoms with Crippen LogP contribution in [0.5, 0.6) is 0 Å². The van der Waals surface area contributed by atoms with E-state index >= 15 is 0 Å². The fraction of sp³-hybridized carbons (Fsp3) is 0.588. The van der Waals surface area contributed by atoms with Gasteiger partial charge in [0.25, 0.3) is 0 Å². The van der Waals surface area contributed by atoms with Crippen molar-refractivity contribution in [1.29, 1.82) is 0 Å². The third-order valence-corrected chi connectivity index (χ3v) is 4.28. The number of likely N-dealkylation sites (tertiary alicyclic amines) is 1. The van der Waals surface area contributed by atoms with Crippen molar-refractivity contribution in [3.8, 4) is 0 Å². The fourth-order valence-corrected chi connectivity index (χ4v) is 3.11. The van der Waals surface area contributed by atoms with E-state index in [2.05, 4.69) is 23.6 Å². The molecule has 0 radical (unpaired) electrons. The van der Waals surface area contributed by atoms with Crippen molar-refractivity contribution in [2.75, 3.05) is 32.7 Å². The van der Waals surface area contributed by atoms with E-state index in [-0.39, 0.29) is 5.78 Å². The van der Waals surface area contributed by atoms with Crippen LogP contribution in [-0.2, 0) is 0 Å². The zero-order valence-electron chi connectivity index (χ0n) is 12.9. The van der Waals surface area contributed by atoms with E-state index < -0.39 is 0 Å². The van der Waals surface area contributed by atoms with Gasteiger partial charge in [-0.05, 0) is 32.5 Å². The molecule has 0 saturated carbocycles. The maximum absolute atomic E-state index is 12.3. The lowest BCUT2D eigenvalue weighted by Crippen LogP contribution is -2.38. The van der Waals surface area contributed by atoms with Crippen LogP contribution in [0.2, 0.25) is 0 Å². The van der Waals surface area contributed by atoms with Crippen LogP contribution < -0.4 is 0 Å². The van der Waals surface area contributed by atoms with Gasteiger partial charge >= 0.3 is 0 Å². The molecule has 1 heterocycles. The average Bonchev–Trinajstić information content (AvgIpc) is 2.88. The van der Waals surface area contributed by atoms with Crippen LogP contribution in [0, 0.1) is 6.92 Å². The van der Waals surface area contributed by atoms with Gasteiger partial charge in [0.15, 0.2) is 5.78 Å². The standard InChI is InChI=1S/C17H26N2O/c1-4-19(5-2)16-9-10-18(12-16)13-17(20)15-8-6-7-14(3)11-15/h6-8,11,16H,4-5,9-10,12-13H2,1-3H3. The molecule has 0 N–H and O–H groups in total. The summed E-state index contributed by atoms with van der Waals surface area (Å²) < 4.78 is 0. The average molecular weight is 274 g/mol. The van der Waals surface area contributed by atoms with Crippen LogP contribution >= 0.6 is 0 Å². The number of hydrogen-bond acceptors (Lipinski definition) is 3. The molecule has 1 aromatic rings. The van der Waals surface area contributed by atoms with Crippen molar-refractivity contribution in [3.63, 3.8) is 0 Å². The van der Waals surface area contributed by atoms with Crippen molar-refractivity contribution >= 4 is 5.78 Å². The summed E-state index contributed by atoms with van der Waals surface area (Å²) in [5.74, 6) is 0.244. The summed E-state index contributed by atoms with van der Waals surface area (Å²) in [5.41, 5.74) is 1.99. The molecular formula is C17H26N2O. The monoisotopic (exact) mass is 274 g/mol. The van der Waals surface area contributed by atoms with Gasteiger partial charge in [0, 0.05) is 24.7 Å². The summed E-state index contributed by atoms with van der Waals surface area (Å²) in [6.45, 7) is 11.3. The van der Waals surface area contributed by atoms with Gasteiger partial charge in [0.2, 0.25) is 0 Å². The minimum absolute atomic E-state index is 0.244. The van der Waals surface area contributed by atoms with Crippen molar-refractivity contribution in [2.45, 2.75) is 33.2 Å². The fourth-order valence-electron chi connectivity index (χ4n) is 3.11. The second kappa shape index (κ2) is 7.00. The maximum atomic E-state index is 12.3. The van der Waals surface area contributed by atoms with Crippen LogP contribution in [0.4, 0.5) is 0 Å². The number of hydrogen-bond donors (Lipinski definition) is 0. The minimum atomic E-state index is 0.244.